The van der Waals surface area contributed by atoms with Crippen molar-refractivity contribution in [3.63, 3.8) is 0 Å². The van der Waals surface area contributed by atoms with E-state index in [1.54, 1.807) is 6.20 Å². The SMILES string of the molecule is CC(CNc1ncc(N)cc1Br)CN1CCCCC1. The molecule has 19 heavy (non-hydrogen) atoms. The van der Waals surface area contributed by atoms with Crippen LogP contribution in [0.25, 0.3) is 0 Å². The molecular weight excluding hydrogens is 304 g/mol. The summed E-state index contributed by atoms with van der Waals surface area (Å²) in [5.41, 5.74) is 6.36. The first kappa shape index (κ1) is 14.6. The second-order valence-corrected chi connectivity index (χ2v) is 6.30. The van der Waals surface area contributed by atoms with Gasteiger partial charge in [-0.05, 0) is 53.8 Å². The van der Waals surface area contributed by atoms with Crippen molar-refractivity contribution < 1.29 is 0 Å². The standard InChI is InChI=1S/C14H23BrN4/c1-11(10-19-5-3-2-4-6-19)8-17-14-13(15)7-12(16)9-18-14/h7,9,11H,2-6,8,10,16H2,1H3,(H,17,18). The first-order valence-electron chi connectivity index (χ1n) is 7.02. The number of hydrogen-bond donors (Lipinski definition) is 2. The molecule has 5 heteroatoms. The summed E-state index contributed by atoms with van der Waals surface area (Å²) >= 11 is 3.48. The van der Waals surface area contributed by atoms with Gasteiger partial charge in [0, 0.05) is 13.1 Å². The molecule has 2 rings (SSSR count). The van der Waals surface area contributed by atoms with Gasteiger partial charge in [-0.2, -0.15) is 0 Å². The van der Waals surface area contributed by atoms with Crippen molar-refractivity contribution in [2.75, 3.05) is 37.2 Å². The normalized spacial score (nSPS) is 18.2. The summed E-state index contributed by atoms with van der Waals surface area (Å²) in [6, 6.07) is 1.88. The molecular formula is C14H23BrN4. The zero-order chi connectivity index (χ0) is 13.7. The molecule has 0 aromatic carbocycles. The molecule has 1 fully saturated rings. The zero-order valence-electron chi connectivity index (χ0n) is 11.5. The van der Waals surface area contributed by atoms with Crippen LogP contribution in [0.5, 0.6) is 0 Å². The van der Waals surface area contributed by atoms with Gasteiger partial charge >= 0.3 is 0 Å². The summed E-state index contributed by atoms with van der Waals surface area (Å²) in [4.78, 5) is 6.87. The molecule has 1 aromatic rings. The highest BCUT2D eigenvalue weighted by Crippen LogP contribution is 2.22. The number of nitrogens with one attached hydrogen (secondary N) is 1. The molecule has 1 aromatic heterocycles. The van der Waals surface area contributed by atoms with E-state index in [-0.39, 0.29) is 0 Å². The second-order valence-electron chi connectivity index (χ2n) is 5.45. The maximum atomic E-state index is 5.68. The second kappa shape index (κ2) is 7.10. The van der Waals surface area contributed by atoms with Crippen molar-refractivity contribution in [1.82, 2.24) is 9.88 Å². The van der Waals surface area contributed by atoms with Crippen molar-refractivity contribution in [3.8, 4) is 0 Å². The van der Waals surface area contributed by atoms with Crippen molar-refractivity contribution in [2.24, 2.45) is 5.92 Å². The van der Waals surface area contributed by atoms with Crippen LogP contribution in [0.1, 0.15) is 26.2 Å². The zero-order valence-corrected chi connectivity index (χ0v) is 13.1. The van der Waals surface area contributed by atoms with Crippen LogP contribution in [-0.4, -0.2) is 36.1 Å². The number of nitrogens with zero attached hydrogens (tertiary/aromatic N) is 2. The third kappa shape index (κ3) is 4.66. The van der Waals surface area contributed by atoms with Crippen molar-refractivity contribution in [3.05, 3.63) is 16.7 Å². The Labute approximate surface area is 123 Å². The Bertz CT molecular complexity index is 404. The van der Waals surface area contributed by atoms with Crippen molar-refractivity contribution in [1.29, 1.82) is 0 Å². The number of likely N-dealkylation sites (tertiary alicyclic amines) is 1. The maximum absolute atomic E-state index is 5.68. The van der Waals surface area contributed by atoms with Gasteiger partial charge in [0.15, 0.2) is 0 Å². The molecule has 0 saturated carbocycles. The summed E-state index contributed by atoms with van der Waals surface area (Å²) in [5.74, 6) is 1.49. The van der Waals surface area contributed by atoms with E-state index in [2.05, 4.69) is 38.1 Å². The molecule has 1 aliphatic heterocycles. The smallest absolute Gasteiger partial charge is 0.140 e. The number of hydrogen-bond acceptors (Lipinski definition) is 4. The molecule has 106 valence electrons. The fourth-order valence-corrected chi connectivity index (χ4v) is 3.01. The lowest BCUT2D eigenvalue weighted by Gasteiger charge is -2.29. The maximum Gasteiger partial charge on any atom is 0.140 e. The van der Waals surface area contributed by atoms with Crippen molar-refractivity contribution in [2.45, 2.75) is 26.2 Å². The molecule has 0 spiro atoms. The minimum Gasteiger partial charge on any atom is -0.397 e. The summed E-state index contributed by atoms with van der Waals surface area (Å²) in [5, 5.41) is 3.39. The highest BCUT2D eigenvalue weighted by molar-refractivity contribution is 9.10. The molecule has 1 saturated heterocycles. The third-order valence-electron chi connectivity index (χ3n) is 3.50. The molecule has 1 atom stereocenters. The van der Waals surface area contributed by atoms with E-state index in [4.69, 9.17) is 5.73 Å². The minimum absolute atomic E-state index is 0.615. The fourth-order valence-electron chi connectivity index (χ4n) is 2.50. The third-order valence-corrected chi connectivity index (χ3v) is 4.10. The summed E-state index contributed by atoms with van der Waals surface area (Å²) < 4.78 is 0.928. The topological polar surface area (TPSA) is 54.2 Å². The lowest BCUT2D eigenvalue weighted by molar-refractivity contribution is 0.204. The van der Waals surface area contributed by atoms with E-state index >= 15 is 0 Å². The van der Waals surface area contributed by atoms with Crippen LogP contribution >= 0.6 is 15.9 Å². The monoisotopic (exact) mass is 326 g/mol. The Morgan fingerprint density at radius 2 is 2.16 bits per heavy atom. The van der Waals surface area contributed by atoms with E-state index in [1.807, 2.05) is 6.07 Å². The highest BCUT2D eigenvalue weighted by atomic mass is 79.9. The van der Waals surface area contributed by atoms with E-state index in [0.717, 1.165) is 16.8 Å². The Morgan fingerprint density at radius 1 is 1.42 bits per heavy atom. The van der Waals surface area contributed by atoms with Gasteiger partial charge in [-0.15, -0.1) is 0 Å². The van der Waals surface area contributed by atoms with Gasteiger partial charge < -0.3 is 16.0 Å². The number of nitrogen functional groups attached to an aromatic ring is 1. The summed E-state index contributed by atoms with van der Waals surface area (Å²) in [6.07, 6.45) is 5.78. The van der Waals surface area contributed by atoms with Crippen LogP contribution in [0.3, 0.4) is 0 Å². The number of anilines is 2. The minimum atomic E-state index is 0.615. The quantitative estimate of drug-likeness (QED) is 0.873. The van der Waals surface area contributed by atoms with E-state index < -0.39 is 0 Å². The fraction of sp³-hybridized carbons (Fsp3) is 0.643. The van der Waals surface area contributed by atoms with Crippen LogP contribution in [0.4, 0.5) is 11.5 Å². The van der Waals surface area contributed by atoms with Gasteiger partial charge in [0.2, 0.25) is 0 Å². The Hall–Kier alpha value is -0.810. The number of rotatable bonds is 5. The average Bonchev–Trinajstić information content (AvgIpc) is 2.39. The van der Waals surface area contributed by atoms with Crippen LogP contribution in [0.15, 0.2) is 16.7 Å². The van der Waals surface area contributed by atoms with Crippen LogP contribution in [0, 0.1) is 5.92 Å². The number of aromatic nitrogens is 1. The van der Waals surface area contributed by atoms with Gasteiger partial charge in [0.25, 0.3) is 0 Å². The Kier molecular flexibility index (Phi) is 5.45. The molecule has 1 unspecified atom stereocenters. The molecule has 3 N–H and O–H groups in total. The summed E-state index contributed by atoms with van der Waals surface area (Å²) in [7, 11) is 0. The highest BCUT2D eigenvalue weighted by Gasteiger charge is 2.13. The van der Waals surface area contributed by atoms with Gasteiger partial charge in [-0.25, -0.2) is 4.98 Å². The van der Waals surface area contributed by atoms with Gasteiger partial charge in [0.1, 0.15) is 5.82 Å². The average molecular weight is 327 g/mol. The predicted octanol–water partition coefficient (Wildman–Crippen LogP) is 2.96. The van der Waals surface area contributed by atoms with Gasteiger partial charge in [-0.1, -0.05) is 13.3 Å². The molecule has 2 heterocycles. The van der Waals surface area contributed by atoms with E-state index in [1.165, 1.54) is 38.9 Å². The van der Waals surface area contributed by atoms with Crippen LogP contribution < -0.4 is 11.1 Å². The molecule has 0 aliphatic carbocycles. The lowest BCUT2D eigenvalue weighted by Crippen LogP contribution is -2.35. The first-order chi connectivity index (χ1) is 9.15. The Balaban J connectivity index is 1.77. The Morgan fingerprint density at radius 3 is 2.84 bits per heavy atom. The molecule has 0 radical (unpaired) electrons. The van der Waals surface area contributed by atoms with Crippen molar-refractivity contribution >= 4 is 27.4 Å². The van der Waals surface area contributed by atoms with Crippen LogP contribution in [-0.2, 0) is 0 Å². The lowest BCUT2D eigenvalue weighted by atomic mass is 10.1. The molecule has 4 nitrogen and oxygen atoms in total. The predicted molar refractivity (Wildman–Crippen MR) is 84.3 cm³/mol. The number of piperidine rings is 1. The largest absolute Gasteiger partial charge is 0.397 e. The number of halogens is 1. The molecule has 0 amide bonds. The number of pyridine rings is 1. The number of nitrogens with two attached hydrogens (primary N) is 1. The molecule has 0 bridgehead atoms. The van der Waals surface area contributed by atoms with E-state index in [0.29, 0.717) is 11.6 Å². The first-order valence-corrected chi connectivity index (χ1v) is 7.81. The summed E-state index contributed by atoms with van der Waals surface area (Å²) in [6.45, 7) is 6.90. The van der Waals surface area contributed by atoms with Gasteiger partial charge in [0.05, 0.1) is 16.4 Å². The molecule has 1 aliphatic rings. The van der Waals surface area contributed by atoms with Gasteiger partial charge in [-0.3, -0.25) is 0 Å². The van der Waals surface area contributed by atoms with E-state index in [9.17, 15) is 0 Å². The van der Waals surface area contributed by atoms with Crippen LogP contribution in [0.2, 0.25) is 0 Å².